The quantitative estimate of drug-likeness (QED) is 0.295. The zero-order valence-electron chi connectivity index (χ0n) is 18.5. The predicted octanol–water partition coefficient (Wildman–Crippen LogP) is 4.03. The molecule has 1 aromatic carbocycles. The van der Waals surface area contributed by atoms with Crippen LogP contribution in [0.25, 0.3) is 17.0 Å². The Bertz CT molecular complexity index is 1290. The Morgan fingerprint density at radius 2 is 2.03 bits per heavy atom. The van der Waals surface area contributed by atoms with Gasteiger partial charge in [-0.1, -0.05) is 32.0 Å². The van der Waals surface area contributed by atoms with Gasteiger partial charge in [-0.15, -0.1) is 11.3 Å². The number of nitrogens with two attached hydrogens (primary N) is 1. The first kappa shape index (κ1) is 23.8. The van der Waals surface area contributed by atoms with Crippen LogP contribution in [0.1, 0.15) is 47.5 Å². The topological polar surface area (TPSA) is 127 Å². The summed E-state index contributed by atoms with van der Waals surface area (Å²) < 4.78 is 6.77. The molecule has 2 aromatic heterocycles. The summed E-state index contributed by atoms with van der Waals surface area (Å²) in [6.45, 7) is 5.84. The van der Waals surface area contributed by atoms with Crippen molar-refractivity contribution in [2.45, 2.75) is 33.2 Å². The van der Waals surface area contributed by atoms with Gasteiger partial charge in [-0.05, 0) is 31.1 Å². The Balaban J connectivity index is 1.97. The average Bonchev–Trinajstić information content (AvgIpc) is 3.34. The molecule has 0 saturated heterocycles. The van der Waals surface area contributed by atoms with Gasteiger partial charge < -0.3 is 20.4 Å². The lowest BCUT2D eigenvalue weighted by Crippen LogP contribution is -2.17. The molecule has 0 radical (unpaired) electrons. The minimum atomic E-state index is -0.646. The lowest BCUT2D eigenvalue weighted by Gasteiger charge is -2.05. The number of rotatable bonds is 8. The number of fused-ring (bicyclic) bond motifs is 1. The van der Waals surface area contributed by atoms with Crippen LogP contribution in [0.2, 0.25) is 0 Å². The fraction of sp³-hybridized carbons (Fsp3) is 0.250. The van der Waals surface area contributed by atoms with Crippen molar-refractivity contribution in [1.29, 1.82) is 5.26 Å². The van der Waals surface area contributed by atoms with Gasteiger partial charge in [0.05, 0.1) is 12.2 Å². The van der Waals surface area contributed by atoms with E-state index in [1.807, 2.05) is 44.2 Å². The van der Waals surface area contributed by atoms with E-state index in [0.717, 1.165) is 15.8 Å². The molecule has 0 aliphatic rings. The smallest absolute Gasteiger partial charge is 0.341 e. The number of aromatic nitrogens is 1. The van der Waals surface area contributed by atoms with E-state index in [0.29, 0.717) is 10.6 Å². The third kappa shape index (κ3) is 5.30. The molecule has 0 aliphatic carbocycles. The first-order valence-electron chi connectivity index (χ1n) is 10.3. The lowest BCUT2D eigenvalue weighted by molar-refractivity contribution is -0.118. The Morgan fingerprint density at radius 3 is 2.67 bits per heavy atom. The van der Waals surface area contributed by atoms with Gasteiger partial charge >= 0.3 is 5.97 Å². The molecule has 33 heavy (non-hydrogen) atoms. The van der Waals surface area contributed by atoms with Crippen LogP contribution in [0.5, 0.6) is 0 Å². The summed E-state index contributed by atoms with van der Waals surface area (Å²) >= 11 is 1.27. The van der Waals surface area contributed by atoms with E-state index in [1.165, 1.54) is 17.4 Å². The Kier molecular flexibility index (Phi) is 7.30. The van der Waals surface area contributed by atoms with Crippen molar-refractivity contribution < 1.29 is 19.1 Å². The van der Waals surface area contributed by atoms with Gasteiger partial charge in [-0.25, -0.2) is 4.79 Å². The summed E-state index contributed by atoms with van der Waals surface area (Å²) in [5.41, 5.74) is 6.80. The number of nitrogens with zero attached hydrogens (tertiary/aromatic N) is 2. The number of nitriles is 1. The van der Waals surface area contributed by atoms with E-state index in [4.69, 9.17) is 10.5 Å². The number of hydrogen-bond donors (Lipinski definition) is 2. The Labute approximate surface area is 195 Å². The SMILES string of the molecule is CCOC(=O)c1cc(C(C)C)sc1NC(=O)C(C#N)=Cc1cn(CC(N)=O)c2ccccc12. The summed E-state index contributed by atoms with van der Waals surface area (Å²) in [6, 6.07) is 10.9. The van der Waals surface area contributed by atoms with Crippen LogP contribution < -0.4 is 11.1 Å². The summed E-state index contributed by atoms with van der Waals surface area (Å²) in [5.74, 6) is -1.54. The number of para-hydroxylation sites is 1. The van der Waals surface area contributed by atoms with Gasteiger partial charge in [0.1, 0.15) is 23.2 Å². The maximum absolute atomic E-state index is 13.0. The fourth-order valence-corrected chi connectivity index (χ4v) is 4.36. The normalized spacial score (nSPS) is 11.4. The number of amides is 2. The van der Waals surface area contributed by atoms with E-state index < -0.39 is 17.8 Å². The monoisotopic (exact) mass is 464 g/mol. The zero-order chi connectivity index (χ0) is 24.1. The number of carbonyl (C=O) groups is 3. The maximum Gasteiger partial charge on any atom is 0.341 e. The second-order valence-electron chi connectivity index (χ2n) is 7.59. The first-order chi connectivity index (χ1) is 15.7. The van der Waals surface area contributed by atoms with Crippen molar-refractivity contribution in [3.63, 3.8) is 0 Å². The maximum atomic E-state index is 13.0. The number of primary amides is 1. The lowest BCUT2D eigenvalue weighted by atomic mass is 10.1. The molecule has 0 aliphatic heterocycles. The molecule has 0 unspecified atom stereocenters. The number of carbonyl (C=O) groups excluding carboxylic acids is 3. The van der Waals surface area contributed by atoms with E-state index in [-0.39, 0.29) is 30.2 Å². The molecule has 3 rings (SSSR count). The molecule has 170 valence electrons. The number of hydrogen-bond acceptors (Lipinski definition) is 6. The highest BCUT2D eigenvalue weighted by Gasteiger charge is 2.22. The number of benzene rings is 1. The molecule has 2 heterocycles. The highest BCUT2D eigenvalue weighted by molar-refractivity contribution is 7.16. The van der Waals surface area contributed by atoms with Crippen molar-refractivity contribution in [2.24, 2.45) is 5.73 Å². The van der Waals surface area contributed by atoms with E-state index in [2.05, 4.69) is 5.32 Å². The molecule has 3 aromatic rings. The van der Waals surface area contributed by atoms with Crippen molar-refractivity contribution in [2.75, 3.05) is 11.9 Å². The van der Waals surface area contributed by atoms with Gasteiger partial charge in [0.15, 0.2) is 0 Å². The third-order valence-electron chi connectivity index (χ3n) is 4.85. The van der Waals surface area contributed by atoms with Crippen LogP contribution in [-0.4, -0.2) is 29.0 Å². The molecular weight excluding hydrogens is 440 g/mol. The molecule has 9 heteroatoms. The van der Waals surface area contributed by atoms with Crippen molar-refractivity contribution in [3.8, 4) is 6.07 Å². The second kappa shape index (κ2) is 10.1. The first-order valence-corrected chi connectivity index (χ1v) is 11.2. The zero-order valence-corrected chi connectivity index (χ0v) is 19.4. The van der Waals surface area contributed by atoms with Crippen LogP contribution in [0.3, 0.4) is 0 Å². The van der Waals surface area contributed by atoms with E-state index in [9.17, 15) is 19.6 Å². The fourth-order valence-electron chi connectivity index (χ4n) is 3.31. The number of anilines is 1. The highest BCUT2D eigenvalue weighted by atomic mass is 32.1. The van der Waals surface area contributed by atoms with Gasteiger partial charge in [-0.2, -0.15) is 5.26 Å². The molecule has 2 amide bonds. The Hall–Kier alpha value is -3.90. The van der Waals surface area contributed by atoms with Crippen LogP contribution >= 0.6 is 11.3 Å². The van der Waals surface area contributed by atoms with Gasteiger partial charge in [0, 0.05) is 27.5 Å². The van der Waals surface area contributed by atoms with E-state index >= 15 is 0 Å². The van der Waals surface area contributed by atoms with Crippen molar-refractivity contribution >= 4 is 51.1 Å². The van der Waals surface area contributed by atoms with Gasteiger partial charge in [0.2, 0.25) is 5.91 Å². The van der Waals surface area contributed by atoms with Crippen LogP contribution in [0.4, 0.5) is 5.00 Å². The minimum absolute atomic E-state index is 0.0293. The number of thiophene rings is 1. The molecule has 0 bridgehead atoms. The summed E-state index contributed by atoms with van der Waals surface area (Å²) in [4.78, 5) is 37.7. The van der Waals surface area contributed by atoms with Crippen molar-refractivity contribution in [3.05, 3.63) is 58.1 Å². The molecule has 0 atom stereocenters. The van der Waals surface area contributed by atoms with Crippen molar-refractivity contribution in [1.82, 2.24) is 4.57 Å². The molecule has 0 saturated carbocycles. The average molecular weight is 465 g/mol. The summed E-state index contributed by atoms with van der Waals surface area (Å²) in [7, 11) is 0. The van der Waals surface area contributed by atoms with Gasteiger partial charge in [0.25, 0.3) is 5.91 Å². The molecule has 8 nitrogen and oxygen atoms in total. The molecular formula is C24H24N4O4S. The minimum Gasteiger partial charge on any atom is -0.462 e. The summed E-state index contributed by atoms with van der Waals surface area (Å²) in [5, 5.41) is 13.5. The summed E-state index contributed by atoms with van der Waals surface area (Å²) in [6.07, 6.45) is 3.13. The van der Waals surface area contributed by atoms with Gasteiger partial charge in [-0.3, -0.25) is 9.59 Å². The number of ether oxygens (including phenoxy) is 1. The molecule has 0 fully saturated rings. The Morgan fingerprint density at radius 1 is 1.30 bits per heavy atom. The number of esters is 1. The molecule has 0 spiro atoms. The third-order valence-corrected chi connectivity index (χ3v) is 6.20. The van der Waals surface area contributed by atoms with Crippen LogP contribution in [0.15, 0.2) is 42.1 Å². The largest absolute Gasteiger partial charge is 0.462 e. The number of nitrogens with one attached hydrogen (secondary N) is 1. The van der Waals surface area contributed by atoms with Crippen LogP contribution in [-0.2, 0) is 20.9 Å². The standard InChI is InChI=1S/C24H24N4O4S/c1-4-32-24(31)18-10-20(14(2)3)33-23(18)27-22(30)15(11-25)9-16-12-28(13-21(26)29)19-8-6-5-7-17(16)19/h5-10,12,14H,4,13H2,1-3H3,(H2,26,29)(H,27,30). The van der Waals surface area contributed by atoms with E-state index in [1.54, 1.807) is 23.8 Å². The predicted molar refractivity (Wildman–Crippen MR) is 128 cm³/mol. The van der Waals surface area contributed by atoms with Crippen LogP contribution in [0, 0.1) is 11.3 Å². The highest BCUT2D eigenvalue weighted by Crippen LogP contribution is 2.34. The second-order valence-corrected chi connectivity index (χ2v) is 8.67. The molecule has 3 N–H and O–H groups in total.